The van der Waals surface area contributed by atoms with Crippen LogP contribution < -0.4 is 0 Å². The van der Waals surface area contributed by atoms with Gasteiger partial charge in [-0.2, -0.15) is 0 Å². The minimum atomic E-state index is 0.326. The molecule has 13 heavy (non-hydrogen) atoms. The average Bonchev–Trinajstić information content (AvgIpc) is 2.85. The number of nitrogens with zero attached hydrogens (tertiary/aromatic N) is 1. The maximum absolute atomic E-state index is 9.15. The summed E-state index contributed by atoms with van der Waals surface area (Å²) < 4.78 is 0. The van der Waals surface area contributed by atoms with E-state index in [2.05, 4.69) is 18.7 Å². The Bertz CT molecular complexity index is 187. The second-order valence-corrected chi connectivity index (χ2v) is 5.28. The molecule has 0 radical (unpaired) electrons. The summed E-state index contributed by atoms with van der Waals surface area (Å²) in [5, 5.41) is 9.15. The highest BCUT2D eigenvalue weighted by Crippen LogP contribution is 2.39. The highest BCUT2D eigenvalue weighted by Gasteiger charge is 2.41. The number of aliphatic hydroxyl groups excluding tert-OH is 1. The molecule has 1 atom stereocenters. The second kappa shape index (κ2) is 3.25. The van der Waals surface area contributed by atoms with Gasteiger partial charge in [-0.3, -0.25) is 4.90 Å². The van der Waals surface area contributed by atoms with Crippen molar-refractivity contribution in [1.29, 1.82) is 0 Å². The monoisotopic (exact) mass is 183 g/mol. The summed E-state index contributed by atoms with van der Waals surface area (Å²) in [5.74, 6) is 0.546. The maximum Gasteiger partial charge on any atom is 0.0460 e. The molecule has 1 aliphatic heterocycles. The molecule has 0 spiro atoms. The molecule has 1 N–H and O–H groups in total. The molecule has 2 fully saturated rings. The Morgan fingerprint density at radius 1 is 1.31 bits per heavy atom. The number of likely N-dealkylation sites (tertiary alicyclic amines) is 1. The van der Waals surface area contributed by atoms with Gasteiger partial charge >= 0.3 is 0 Å². The van der Waals surface area contributed by atoms with Gasteiger partial charge in [0.15, 0.2) is 0 Å². The molecule has 0 aromatic carbocycles. The molecule has 1 aliphatic carbocycles. The topological polar surface area (TPSA) is 23.5 Å². The molecule has 1 saturated heterocycles. The van der Waals surface area contributed by atoms with Crippen LogP contribution in [0.5, 0.6) is 0 Å². The number of piperidine rings is 1. The first-order chi connectivity index (χ1) is 6.13. The lowest BCUT2D eigenvalue weighted by atomic mass is 9.83. The van der Waals surface area contributed by atoms with Crippen LogP contribution in [0.1, 0.15) is 39.5 Å². The molecular weight excluding hydrogens is 162 g/mol. The summed E-state index contributed by atoms with van der Waals surface area (Å²) in [4.78, 5) is 2.65. The van der Waals surface area contributed by atoms with Crippen LogP contribution in [0.3, 0.4) is 0 Å². The lowest BCUT2D eigenvalue weighted by molar-refractivity contribution is 0.0214. The Morgan fingerprint density at radius 2 is 2.00 bits per heavy atom. The predicted octanol–water partition coefficient (Wildman–Crippen LogP) is 1.63. The fourth-order valence-corrected chi connectivity index (χ4v) is 2.77. The number of hydrogen-bond donors (Lipinski definition) is 1. The number of hydrogen-bond acceptors (Lipinski definition) is 2. The van der Waals surface area contributed by atoms with E-state index < -0.39 is 0 Å². The molecule has 1 unspecified atom stereocenters. The van der Waals surface area contributed by atoms with Gasteiger partial charge in [0.1, 0.15) is 0 Å². The van der Waals surface area contributed by atoms with Gasteiger partial charge in [-0.1, -0.05) is 0 Å². The first-order valence-electron chi connectivity index (χ1n) is 5.51. The average molecular weight is 183 g/mol. The normalized spacial score (nSPS) is 34.8. The Morgan fingerprint density at radius 3 is 2.46 bits per heavy atom. The number of aliphatic hydroxyl groups is 1. The Kier molecular flexibility index (Phi) is 2.37. The Balaban J connectivity index is 1.99. The minimum absolute atomic E-state index is 0.326. The van der Waals surface area contributed by atoms with Crippen molar-refractivity contribution in [1.82, 2.24) is 4.90 Å². The van der Waals surface area contributed by atoms with Gasteiger partial charge in [-0.05, 0) is 52.0 Å². The third kappa shape index (κ3) is 1.89. The van der Waals surface area contributed by atoms with Crippen molar-refractivity contribution < 1.29 is 5.11 Å². The van der Waals surface area contributed by atoms with Crippen molar-refractivity contribution in [3.8, 4) is 0 Å². The van der Waals surface area contributed by atoms with Crippen LogP contribution in [0, 0.1) is 5.92 Å². The standard InChI is InChI=1S/C11H21NO/c1-11(2)7-9(8-13)5-6-12(11)10-3-4-10/h9-10,13H,3-8H2,1-2H3. The molecule has 0 aromatic rings. The first kappa shape index (κ1) is 9.47. The van der Waals surface area contributed by atoms with Crippen LogP contribution in [0.4, 0.5) is 0 Å². The molecule has 0 amide bonds. The van der Waals surface area contributed by atoms with Gasteiger partial charge in [-0.25, -0.2) is 0 Å². The van der Waals surface area contributed by atoms with E-state index in [1.165, 1.54) is 32.2 Å². The maximum atomic E-state index is 9.15. The fourth-order valence-electron chi connectivity index (χ4n) is 2.77. The summed E-state index contributed by atoms with van der Waals surface area (Å²) in [5.41, 5.74) is 0.326. The van der Waals surface area contributed by atoms with Crippen molar-refractivity contribution in [3.63, 3.8) is 0 Å². The lowest BCUT2D eigenvalue weighted by Gasteiger charge is -2.45. The van der Waals surface area contributed by atoms with E-state index in [1.54, 1.807) is 0 Å². The summed E-state index contributed by atoms with van der Waals surface area (Å²) >= 11 is 0. The number of rotatable bonds is 2. The molecule has 2 nitrogen and oxygen atoms in total. The van der Waals surface area contributed by atoms with Gasteiger partial charge in [0, 0.05) is 18.2 Å². The van der Waals surface area contributed by atoms with Gasteiger partial charge in [0.2, 0.25) is 0 Å². The smallest absolute Gasteiger partial charge is 0.0460 e. The molecule has 0 aromatic heterocycles. The van der Waals surface area contributed by atoms with Crippen molar-refractivity contribution in [2.24, 2.45) is 5.92 Å². The molecule has 76 valence electrons. The fraction of sp³-hybridized carbons (Fsp3) is 1.00. The van der Waals surface area contributed by atoms with E-state index in [0.29, 0.717) is 18.1 Å². The van der Waals surface area contributed by atoms with E-state index in [-0.39, 0.29) is 0 Å². The molecule has 2 heteroatoms. The molecule has 1 saturated carbocycles. The van der Waals surface area contributed by atoms with Gasteiger partial charge < -0.3 is 5.11 Å². The van der Waals surface area contributed by atoms with Gasteiger partial charge in [0.25, 0.3) is 0 Å². The van der Waals surface area contributed by atoms with E-state index in [9.17, 15) is 0 Å². The van der Waals surface area contributed by atoms with Crippen molar-refractivity contribution in [2.75, 3.05) is 13.2 Å². The zero-order valence-electron chi connectivity index (χ0n) is 8.79. The first-order valence-corrected chi connectivity index (χ1v) is 5.51. The summed E-state index contributed by atoms with van der Waals surface area (Å²) in [7, 11) is 0. The van der Waals surface area contributed by atoms with Crippen LogP contribution in [-0.4, -0.2) is 34.7 Å². The van der Waals surface area contributed by atoms with E-state index in [1.807, 2.05) is 0 Å². The predicted molar refractivity (Wildman–Crippen MR) is 53.6 cm³/mol. The third-order valence-corrected chi connectivity index (χ3v) is 3.59. The molecule has 1 heterocycles. The van der Waals surface area contributed by atoms with Crippen LogP contribution in [0.25, 0.3) is 0 Å². The van der Waals surface area contributed by atoms with Gasteiger partial charge in [0.05, 0.1) is 0 Å². The van der Waals surface area contributed by atoms with Crippen LogP contribution in [0.2, 0.25) is 0 Å². The van der Waals surface area contributed by atoms with Crippen molar-refractivity contribution in [3.05, 3.63) is 0 Å². The van der Waals surface area contributed by atoms with Crippen LogP contribution in [-0.2, 0) is 0 Å². The van der Waals surface area contributed by atoms with E-state index >= 15 is 0 Å². The molecule has 2 aliphatic rings. The van der Waals surface area contributed by atoms with Crippen molar-refractivity contribution in [2.45, 2.75) is 51.1 Å². The summed E-state index contributed by atoms with van der Waals surface area (Å²) in [6.45, 7) is 6.23. The SMILES string of the molecule is CC1(C)CC(CO)CCN1C1CC1. The highest BCUT2D eigenvalue weighted by atomic mass is 16.3. The Hall–Kier alpha value is -0.0800. The van der Waals surface area contributed by atoms with Crippen molar-refractivity contribution >= 4 is 0 Å². The van der Waals surface area contributed by atoms with E-state index in [0.717, 1.165) is 6.04 Å². The highest BCUT2D eigenvalue weighted by molar-refractivity contribution is 4.97. The zero-order valence-corrected chi connectivity index (χ0v) is 8.79. The quantitative estimate of drug-likeness (QED) is 0.703. The lowest BCUT2D eigenvalue weighted by Crippen LogP contribution is -2.51. The molecule has 2 rings (SSSR count). The van der Waals surface area contributed by atoms with Gasteiger partial charge in [-0.15, -0.1) is 0 Å². The second-order valence-electron chi connectivity index (χ2n) is 5.28. The zero-order chi connectivity index (χ0) is 9.47. The third-order valence-electron chi connectivity index (χ3n) is 3.59. The molecule has 0 bridgehead atoms. The minimum Gasteiger partial charge on any atom is -0.396 e. The Labute approximate surface area is 80.9 Å². The summed E-state index contributed by atoms with van der Waals surface area (Å²) in [6.07, 6.45) is 5.15. The van der Waals surface area contributed by atoms with Crippen LogP contribution in [0.15, 0.2) is 0 Å². The largest absolute Gasteiger partial charge is 0.396 e. The summed E-state index contributed by atoms with van der Waals surface area (Å²) in [6, 6.07) is 0.870. The van der Waals surface area contributed by atoms with E-state index in [4.69, 9.17) is 5.11 Å². The van der Waals surface area contributed by atoms with Crippen LogP contribution >= 0.6 is 0 Å². The molecular formula is C11H21NO.